The monoisotopic (exact) mass is 298 g/mol. The fourth-order valence-corrected chi connectivity index (χ4v) is 3.11. The fraction of sp³-hybridized carbons (Fsp3) is 0.875. The normalized spacial score (nSPS) is 14.8. The lowest BCUT2D eigenvalue weighted by atomic mass is 10.1. The Morgan fingerprint density at radius 3 is 2.00 bits per heavy atom. The number of hydrogen-bond donors (Lipinski definition) is 0. The first-order valence-corrected chi connectivity index (χ1v) is 13.9. The topological polar surface area (TPSA) is 9.23 Å². The molecular formula is C16H34OSi2. The molecule has 0 aromatic carbocycles. The van der Waals surface area contributed by atoms with Gasteiger partial charge in [-0.05, 0) is 31.0 Å². The van der Waals surface area contributed by atoms with Gasteiger partial charge in [0.2, 0.25) is 0 Å². The zero-order valence-electron chi connectivity index (χ0n) is 14.6. The third kappa shape index (κ3) is 8.67. The first kappa shape index (κ1) is 19.0. The van der Waals surface area contributed by atoms with Crippen molar-refractivity contribution in [1.29, 1.82) is 0 Å². The second kappa shape index (κ2) is 7.10. The van der Waals surface area contributed by atoms with Crippen LogP contribution in [0.2, 0.25) is 37.8 Å². The Hall–Kier alpha value is -0.0462. The van der Waals surface area contributed by atoms with Crippen molar-refractivity contribution in [2.75, 3.05) is 6.61 Å². The maximum Gasteiger partial charge on any atom is 0.191 e. The van der Waals surface area contributed by atoms with Crippen LogP contribution in [-0.4, -0.2) is 23.0 Å². The van der Waals surface area contributed by atoms with E-state index in [1.807, 2.05) is 0 Å². The minimum absolute atomic E-state index is 0.316. The highest BCUT2D eigenvalue weighted by molar-refractivity contribution is 6.83. The predicted molar refractivity (Wildman–Crippen MR) is 92.7 cm³/mol. The van der Waals surface area contributed by atoms with Crippen LogP contribution in [0.5, 0.6) is 0 Å². The fourth-order valence-electron chi connectivity index (χ4n) is 1.35. The van der Waals surface area contributed by atoms with Gasteiger partial charge in [-0.1, -0.05) is 47.3 Å². The van der Waals surface area contributed by atoms with Crippen LogP contribution >= 0.6 is 0 Å². The highest BCUT2D eigenvalue weighted by Crippen LogP contribution is 2.36. The molecule has 0 aliphatic heterocycles. The summed E-state index contributed by atoms with van der Waals surface area (Å²) in [4.78, 5) is 0. The summed E-state index contributed by atoms with van der Waals surface area (Å²) in [7, 11) is -2.76. The van der Waals surface area contributed by atoms with Gasteiger partial charge in [0.1, 0.15) is 8.07 Å². The molecule has 0 bridgehead atoms. The van der Waals surface area contributed by atoms with Gasteiger partial charge in [-0.2, -0.15) is 0 Å². The van der Waals surface area contributed by atoms with Gasteiger partial charge in [-0.15, -0.1) is 11.5 Å². The lowest BCUT2D eigenvalue weighted by Gasteiger charge is -2.36. The summed E-state index contributed by atoms with van der Waals surface area (Å²) in [6.45, 7) is 21.6. The lowest BCUT2D eigenvalue weighted by Crippen LogP contribution is -2.41. The van der Waals surface area contributed by atoms with Crippen molar-refractivity contribution in [2.45, 2.75) is 78.3 Å². The molecule has 0 aliphatic carbocycles. The summed E-state index contributed by atoms with van der Waals surface area (Å²) in [5, 5.41) is 0.316. The smallest absolute Gasteiger partial charge is 0.191 e. The quantitative estimate of drug-likeness (QED) is 0.380. The van der Waals surface area contributed by atoms with Crippen LogP contribution in [0.1, 0.15) is 40.5 Å². The first-order valence-electron chi connectivity index (χ1n) is 7.52. The molecule has 3 heteroatoms. The largest absolute Gasteiger partial charge is 0.417 e. The summed E-state index contributed by atoms with van der Waals surface area (Å²) in [6, 6.07) is 0. The Kier molecular flexibility index (Phi) is 7.09. The third-order valence-corrected chi connectivity index (χ3v) is 9.18. The van der Waals surface area contributed by atoms with Gasteiger partial charge in [-0.25, -0.2) is 0 Å². The highest BCUT2D eigenvalue weighted by atomic mass is 28.4. The molecular weight excluding hydrogens is 264 g/mol. The van der Waals surface area contributed by atoms with Gasteiger partial charge in [0.15, 0.2) is 8.32 Å². The molecule has 0 saturated carbocycles. The van der Waals surface area contributed by atoms with E-state index in [-0.39, 0.29) is 0 Å². The zero-order chi connectivity index (χ0) is 15.3. The Balaban J connectivity index is 4.02. The summed E-state index contributed by atoms with van der Waals surface area (Å²) >= 11 is 0. The lowest BCUT2D eigenvalue weighted by molar-refractivity contribution is 0.275. The molecule has 112 valence electrons. The van der Waals surface area contributed by atoms with Crippen molar-refractivity contribution >= 4 is 16.4 Å². The van der Waals surface area contributed by atoms with Crippen LogP contribution in [-0.2, 0) is 4.43 Å². The van der Waals surface area contributed by atoms with Crippen LogP contribution in [0.3, 0.4) is 0 Å². The molecule has 1 atom stereocenters. The van der Waals surface area contributed by atoms with E-state index in [1.54, 1.807) is 0 Å². The molecule has 0 rings (SSSR count). The minimum Gasteiger partial charge on any atom is -0.417 e. The molecule has 1 unspecified atom stereocenters. The Bertz CT molecular complexity index is 323. The molecule has 0 N–H and O–H groups in total. The van der Waals surface area contributed by atoms with Gasteiger partial charge in [0.05, 0.1) is 0 Å². The van der Waals surface area contributed by atoms with E-state index in [2.05, 4.69) is 71.9 Å². The third-order valence-electron chi connectivity index (χ3n) is 3.74. The van der Waals surface area contributed by atoms with Gasteiger partial charge in [0, 0.05) is 12.5 Å². The van der Waals surface area contributed by atoms with E-state index in [0.29, 0.717) is 11.0 Å². The van der Waals surface area contributed by atoms with Crippen molar-refractivity contribution in [1.82, 2.24) is 0 Å². The molecule has 0 saturated heterocycles. The van der Waals surface area contributed by atoms with E-state index in [9.17, 15) is 0 Å². The molecule has 0 aromatic rings. The Morgan fingerprint density at radius 2 is 1.58 bits per heavy atom. The minimum atomic E-state index is -1.55. The average Bonchev–Trinajstić information content (AvgIpc) is 2.19. The molecule has 0 aliphatic rings. The van der Waals surface area contributed by atoms with Crippen molar-refractivity contribution < 1.29 is 4.43 Å². The first-order chi connectivity index (χ1) is 8.35. The summed E-state index contributed by atoms with van der Waals surface area (Å²) < 4.78 is 6.19. The van der Waals surface area contributed by atoms with Crippen molar-refractivity contribution in [3.63, 3.8) is 0 Å². The molecule has 0 spiro atoms. The standard InChI is InChI=1S/C16H34OSi2/c1-15(12-14-18(5,6)7)11-10-13-17-19(8,9)16(2,3)4/h15H,10-11,13H2,1-9H3. The molecule has 1 nitrogen and oxygen atoms in total. The van der Waals surface area contributed by atoms with Crippen molar-refractivity contribution in [2.24, 2.45) is 5.92 Å². The Labute approximate surface area is 123 Å². The van der Waals surface area contributed by atoms with Gasteiger partial charge in [-0.3, -0.25) is 0 Å². The van der Waals surface area contributed by atoms with Gasteiger partial charge in [0.25, 0.3) is 0 Å². The summed E-state index contributed by atoms with van der Waals surface area (Å²) in [5.41, 5.74) is 3.46. The van der Waals surface area contributed by atoms with Crippen LogP contribution in [0.4, 0.5) is 0 Å². The van der Waals surface area contributed by atoms with E-state index >= 15 is 0 Å². The maximum atomic E-state index is 6.19. The van der Waals surface area contributed by atoms with E-state index in [4.69, 9.17) is 4.43 Å². The second-order valence-corrected chi connectivity index (χ2v) is 17.7. The zero-order valence-corrected chi connectivity index (χ0v) is 16.6. The molecule has 0 heterocycles. The molecule has 0 fully saturated rings. The summed E-state index contributed by atoms with van der Waals surface area (Å²) in [6.07, 6.45) is 2.29. The van der Waals surface area contributed by atoms with Gasteiger partial charge >= 0.3 is 0 Å². The number of hydrogen-bond acceptors (Lipinski definition) is 1. The molecule has 19 heavy (non-hydrogen) atoms. The molecule has 0 radical (unpaired) electrons. The molecule has 0 aromatic heterocycles. The predicted octanol–water partition coefficient (Wildman–Crippen LogP) is 5.31. The SMILES string of the molecule is CC(C#C[Si](C)(C)C)CCCO[Si](C)(C)C(C)(C)C. The van der Waals surface area contributed by atoms with Crippen LogP contribution < -0.4 is 0 Å². The van der Waals surface area contributed by atoms with E-state index in [0.717, 1.165) is 19.4 Å². The van der Waals surface area contributed by atoms with Gasteiger partial charge < -0.3 is 4.43 Å². The summed E-state index contributed by atoms with van der Waals surface area (Å²) in [5.74, 6) is 3.93. The van der Waals surface area contributed by atoms with Crippen LogP contribution in [0.15, 0.2) is 0 Å². The van der Waals surface area contributed by atoms with Crippen LogP contribution in [0, 0.1) is 17.4 Å². The average molecular weight is 299 g/mol. The van der Waals surface area contributed by atoms with Crippen molar-refractivity contribution in [3.05, 3.63) is 0 Å². The van der Waals surface area contributed by atoms with E-state index in [1.165, 1.54) is 0 Å². The Morgan fingerprint density at radius 1 is 1.05 bits per heavy atom. The molecule has 0 amide bonds. The second-order valence-electron chi connectivity index (χ2n) is 8.17. The maximum absolute atomic E-state index is 6.19. The van der Waals surface area contributed by atoms with Crippen molar-refractivity contribution in [3.8, 4) is 11.5 Å². The number of rotatable bonds is 5. The van der Waals surface area contributed by atoms with E-state index < -0.39 is 16.4 Å². The van der Waals surface area contributed by atoms with Crippen LogP contribution in [0.25, 0.3) is 0 Å². The highest BCUT2D eigenvalue weighted by Gasteiger charge is 2.36.